The second kappa shape index (κ2) is 9.00. The Morgan fingerprint density at radius 2 is 2.00 bits per heavy atom. The van der Waals surface area contributed by atoms with Gasteiger partial charge in [0.15, 0.2) is 0 Å². The molecule has 160 valence electrons. The van der Waals surface area contributed by atoms with Gasteiger partial charge in [-0.2, -0.15) is 0 Å². The van der Waals surface area contributed by atoms with Gasteiger partial charge in [0.05, 0.1) is 18.0 Å². The molecular formula is C24H31N3O2S. The lowest BCUT2D eigenvalue weighted by Crippen LogP contribution is -2.41. The molecule has 3 aromatic rings. The smallest absolute Gasteiger partial charge is 0.260 e. The van der Waals surface area contributed by atoms with Gasteiger partial charge < -0.3 is 10.1 Å². The Bertz CT molecular complexity index is 1080. The van der Waals surface area contributed by atoms with Gasteiger partial charge in [0.25, 0.3) is 5.56 Å². The molecule has 2 aromatic heterocycles. The van der Waals surface area contributed by atoms with Crippen molar-refractivity contribution in [3.63, 3.8) is 0 Å². The number of H-pyrrole nitrogens is 1. The van der Waals surface area contributed by atoms with Crippen molar-refractivity contribution >= 4 is 21.6 Å². The summed E-state index contributed by atoms with van der Waals surface area (Å²) in [6.45, 7) is 7.15. The van der Waals surface area contributed by atoms with E-state index in [9.17, 15) is 9.90 Å². The Morgan fingerprint density at radius 3 is 2.70 bits per heavy atom. The summed E-state index contributed by atoms with van der Waals surface area (Å²) in [6, 6.07) is 6.77. The summed E-state index contributed by atoms with van der Waals surface area (Å²) in [7, 11) is 0. The lowest BCUT2D eigenvalue weighted by atomic mass is 9.94. The highest BCUT2D eigenvalue weighted by Crippen LogP contribution is 2.33. The highest BCUT2D eigenvalue weighted by Gasteiger charge is 2.24. The number of benzene rings is 1. The van der Waals surface area contributed by atoms with Crippen LogP contribution in [0, 0.1) is 13.8 Å². The summed E-state index contributed by atoms with van der Waals surface area (Å²) in [6.07, 6.45) is 5.64. The lowest BCUT2D eigenvalue weighted by molar-refractivity contribution is 0.0750. The third-order valence-corrected chi connectivity index (χ3v) is 6.98. The van der Waals surface area contributed by atoms with E-state index in [1.54, 1.807) is 0 Å². The van der Waals surface area contributed by atoms with E-state index in [0.717, 1.165) is 28.8 Å². The van der Waals surface area contributed by atoms with Gasteiger partial charge in [-0.25, -0.2) is 4.98 Å². The fraction of sp³-hybridized carbons (Fsp3) is 0.500. The van der Waals surface area contributed by atoms with Gasteiger partial charge in [-0.1, -0.05) is 43.0 Å². The molecule has 0 radical (unpaired) electrons. The third kappa shape index (κ3) is 4.51. The number of aromatic nitrogens is 2. The molecule has 4 rings (SSSR count). The number of hydrogen-bond donors (Lipinski definition) is 2. The maximum atomic E-state index is 13.1. The minimum Gasteiger partial charge on any atom is -0.392 e. The van der Waals surface area contributed by atoms with Crippen LogP contribution in [0.3, 0.4) is 0 Å². The molecule has 0 bridgehead atoms. The molecule has 2 heterocycles. The van der Waals surface area contributed by atoms with Crippen LogP contribution >= 0.6 is 11.3 Å². The minimum atomic E-state index is -0.403. The van der Waals surface area contributed by atoms with Crippen LogP contribution in [0.1, 0.15) is 56.0 Å². The number of thiophene rings is 1. The largest absolute Gasteiger partial charge is 0.392 e. The van der Waals surface area contributed by atoms with Crippen molar-refractivity contribution in [2.24, 2.45) is 0 Å². The van der Waals surface area contributed by atoms with Crippen molar-refractivity contribution in [1.82, 2.24) is 14.9 Å². The van der Waals surface area contributed by atoms with Crippen molar-refractivity contribution < 1.29 is 5.11 Å². The molecule has 6 heteroatoms. The molecular weight excluding hydrogens is 394 g/mol. The summed E-state index contributed by atoms with van der Waals surface area (Å²) in [5.41, 5.74) is 4.35. The number of aromatic amines is 1. The Balaban J connectivity index is 1.67. The van der Waals surface area contributed by atoms with E-state index in [-0.39, 0.29) is 5.56 Å². The van der Waals surface area contributed by atoms with Crippen molar-refractivity contribution in [1.29, 1.82) is 0 Å². The van der Waals surface area contributed by atoms with E-state index >= 15 is 0 Å². The molecule has 0 saturated heterocycles. The maximum Gasteiger partial charge on any atom is 0.260 e. The quantitative estimate of drug-likeness (QED) is 0.596. The van der Waals surface area contributed by atoms with E-state index in [4.69, 9.17) is 4.98 Å². The lowest BCUT2D eigenvalue weighted by Gasteiger charge is -2.34. The standard InChI is InChI=1S/C24H31N3O2S/c1-15-9-10-19(16(2)11-15)20-14-30-24-22(20)23(29)25-21(26-24)13-27(12-17(3)28)18-7-5-4-6-8-18/h9-11,14,17-18,28H,4-8,12-13H2,1-3H3,(H,25,26,29). The summed E-state index contributed by atoms with van der Waals surface area (Å²) in [4.78, 5) is 24.0. The molecule has 2 N–H and O–H groups in total. The molecule has 5 nitrogen and oxygen atoms in total. The molecule has 1 aliphatic carbocycles. The second-order valence-electron chi connectivity index (χ2n) is 8.73. The predicted octanol–water partition coefficient (Wildman–Crippen LogP) is 4.78. The molecule has 1 aliphatic rings. The average Bonchev–Trinajstić information content (AvgIpc) is 3.12. The normalized spacial score (nSPS) is 16.4. The number of fused-ring (bicyclic) bond motifs is 1. The van der Waals surface area contributed by atoms with Gasteiger partial charge in [0, 0.05) is 23.5 Å². The molecule has 0 spiro atoms. The highest BCUT2D eigenvalue weighted by molar-refractivity contribution is 7.17. The monoisotopic (exact) mass is 425 g/mol. The zero-order valence-electron chi connectivity index (χ0n) is 18.1. The number of nitrogens with one attached hydrogen (secondary N) is 1. The number of aryl methyl sites for hydroxylation is 2. The van der Waals surface area contributed by atoms with Crippen LogP contribution in [0.5, 0.6) is 0 Å². The van der Waals surface area contributed by atoms with Crippen molar-refractivity contribution in [3.05, 3.63) is 50.9 Å². The molecule has 1 unspecified atom stereocenters. The Hall–Kier alpha value is -2.02. The van der Waals surface area contributed by atoms with Crippen molar-refractivity contribution in [2.45, 2.75) is 71.6 Å². The summed E-state index contributed by atoms with van der Waals surface area (Å²) in [5, 5.41) is 12.7. The SMILES string of the molecule is Cc1ccc(-c2csc3nc(CN(CC(C)O)C4CCCCC4)[nH]c(=O)c23)c(C)c1. The van der Waals surface area contributed by atoms with Crippen LogP contribution < -0.4 is 5.56 Å². The molecule has 1 atom stereocenters. The Kier molecular flexibility index (Phi) is 6.37. The van der Waals surface area contributed by atoms with Crippen molar-refractivity contribution in [2.75, 3.05) is 6.54 Å². The number of aliphatic hydroxyl groups excluding tert-OH is 1. The van der Waals surface area contributed by atoms with Gasteiger partial charge in [0.2, 0.25) is 0 Å². The van der Waals surface area contributed by atoms with Crippen LogP contribution in [-0.4, -0.2) is 38.7 Å². The van der Waals surface area contributed by atoms with Crippen molar-refractivity contribution in [3.8, 4) is 11.1 Å². The van der Waals surface area contributed by atoms with Gasteiger partial charge in [-0.15, -0.1) is 11.3 Å². The van der Waals surface area contributed by atoms with E-state index < -0.39 is 6.10 Å². The first kappa shape index (κ1) is 21.2. The van der Waals surface area contributed by atoms with E-state index in [1.807, 2.05) is 12.3 Å². The minimum absolute atomic E-state index is 0.0770. The van der Waals surface area contributed by atoms with Crippen LogP contribution in [0.2, 0.25) is 0 Å². The average molecular weight is 426 g/mol. The van der Waals surface area contributed by atoms with Gasteiger partial charge >= 0.3 is 0 Å². The highest BCUT2D eigenvalue weighted by atomic mass is 32.1. The molecule has 1 aromatic carbocycles. The van der Waals surface area contributed by atoms with E-state index in [0.29, 0.717) is 30.3 Å². The Labute approximate surface area is 181 Å². The molecule has 1 fully saturated rings. The summed E-state index contributed by atoms with van der Waals surface area (Å²) in [5.74, 6) is 0.688. The third-order valence-electron chi connectivity index (χ3n) is 6.11. The summed E-state index contributed by atoms with van der Waals surface area (Å²) < 4.78 is 0. The van der Waals surface area contributed by atoms with Crippen LogP contribution in [0.15, 0.2) is 28.4 Å². The number of hydrogen-bond acceptors (Lipinski definition) is 5. The number of aliphatic hydroxyl groups is 1. The van der Waals surface area contributed by atoms with Gasteiger partial charge in [0.1, 0.15) is 10.7 Å². The number of rotatable bonds is 6. The first-order chi connectivity index (χ1) is 14.4. The Morgan fingerprint density at radius 1 is 1.23 bits per heavy atom. The van der Waals surface area contributed by atoms with E-state index in [2.05, 4.69) is 41.9 Å². The zero-order chi connectivity index (χ0) is 21.3. The number of nitrogens with zero attached hydrogens (tertiary/aromatic N) is 2. The first-order valence-corrected chi connectivity index (χ1v) is 11.8. The first-order valence-electron chi connectivity index (χ1n) is 10.9. The maximum absolute atomic E-state index is 13.1. The summed E-state index contributed by atoms with van der Waals surface area (Å²) >= 11 is 1.53. The molecule has 30 heavy (non-hydrogen) atoms. The van der Waals surface area contributed by atoms with Gasteiger partial charge in [-0.05, 0) is 44.7 Å². The van der Waals surface area contributed by atoms with Crippen LogP contribution in [0.25, 0.3) is 21.3 Å². The van der Waals surface area contributed by atoms with Crippen LogP contribution in [0.4, 0.5) is 0 Å². The fourth-order valence-electron chi connectivity index (χ4n) is 4.70. The molecule has 1 saturated carbocycles. The predicted molar refractivity (Wildman–Crippen MR) is 124 cm³/mol. The second-order valence-corrected chi connectivity index (χ2v) is 9.59. The molecule has 0 aliphatic heterocycles. The molecule has 0 amide bonds. The van der Waals surface area contributed by atoms with E-state index in [1.165, 1.54) is 41.7 Å². The van der Waals surface area contributed by atoms with Gasteiger partial charge in [-0.3, -0.25) is 9.69 Å². The zero-order valence-corrected chi connectivity index (χ0v) is 18.9. The topological polar surface area (TPSA) is 69.2 Å². The van der Waals surface area contributed by atoms with Crippen LogP contribution in [-0.2, 0) is 6.54 Å². The fourth-order valence-corrected chi connectivity index (χ4v) is 5.66.